The number of nitrogens with two attached hydrogens (primary N) is 1. The second kappa shape index (κ2) is 8.55. The lowest BCUT2D eigenvalue weighted by molar-refractivity contribution is -0.127. The fraction of sp³-hybridized carbons (Fsp3) is 0.154. The van der Waals surface area contributed by atoms with Gasteiger partial charge in [-0.05, 0) is 49.2 Å². The Morgan fingerprint density at radius 1 is 1.11 bits per heavy atom. The first-order valence-corrected chi connectivity index (χ1v) is 11.6. The van der Waals surface area contributed by atoms with Crippen LogP contribution in [-0.4, -0.2) is 40.3 Å². The maximum Gasteiger partial charge on any atom is 0.252 e. The quantitative estimate of drug-likeness (QED) is 0.360. The number of rotatable bonds is 6. The predicted molar refractivity (Wildman–Crippen MR) is 136 cm³/mol. The third-order valence-corrected chi connectivity index (χ3v) is 6.37. The van der Waals surface area contributed by atoms with E-state index < -0.39 is 5.54 Å². The van der Waals surface area contributed by atoms with E-state index in [-0.39, 0.29) is 18.4 Å². The number of pyridine rings is 1. The molecule has 0 spiro atoms. The monoisotopic (exact) mass is 493 g/mol. The van der Waals surface area contributed by atoms with E-state index in [9.17, 15) is 4.79 Å². The zero-order valence-electron chi connectivity index (χ0n) is 20.2. The zero-order valence-corrected chi connectivity index (χ0v) is 20.2. The van der Waals surface area contributed by atoms with Gasteiger partial charge < -0.3 is 15.5 Å². The fourth-order valence-electron chi connectivity index (χ4n) is 4.40. The molecule has 0 unspecified atom stereocenters. The lowest BCUT2D eigenvalue weighted by atomic mass is 9.91. The van der Waals surface area contributed by atoms with E-state index in [1.54, 1.807) is 42.4 Å². The molecule has 5 heterocycles. The third-order valence-electron chi connectivity index (χ3n) is 6.37. The van der Waals surface area contributed by atoms with Crippen molar-refractivity contribution in [3.63, 3.8) is 0 Å². The maximum absolute atomic E-state index is 13.9. The molecule has 184 valence electrons. The first-order valence-electron chi connectivity index (χ1n) is 11.6. The van der Waals surface area contributed by atoms with Crippen LogP contribution in [-0.2, 0) is 16.9 Å². The molecule has 5 aromatic heterocycles. The molecule has 0 saturated heterocycles. The fourth-order valence-corrected chi connectivity index (χ4v) is 4.40. The number of furan rings is 1. The number of aryl methyl sites for hydroxylation is 1. The molecule has 0 fully saturated rings. The van der Waals surface area contributed by atoms with Crippen molar-refractivity contribution in [1.29, 1.82) is 0 Å². The average molecular weight is 494 g/mol. The zero-order chi connectivity index (χ0) is 25.6. The van der Waals surface area contributed by atoms with Gasteiger partial charge in [-0.1, -0.05) is 30.3 Å². The summed E-state index contributed by atoms with van der Waals surface area (Å²) < 4.78 is 8.46. The number of aromatic nitrogens is 7. The Hall–Kier alpha value is -5.06. The molecule has 0 aliphatic carbocycles. The van der Waals surface area contributed by atoms with Crippen LogP contribution in [0.5, 0.6) is 0 Å². The summed E-state index contributed by atoms with van der Waals surface area (Å²) in [6.07, 6.45) is 4.89. The summed E-state index contributed by atoms with van der Waals surface area (Å²) in [6, 6.07) is 16.8. The van der Waals surface area contributed by atoms with Gasteiger partial charge in [0.1, 0.15) is 0 Å². The van der Waals surface area contributed by atoms with Crippen molar-refractivity contribution >= 4 is 28.5 Å². The number of nitrogen functional groups attached to an aromatic ring is 1. The summed E-state index contributed by atoms with van der Waals surface area (Å²) in [7, 11) is 0. The Balaban J connectivity index is 1.48. The van der Waals surface area contributed by atoms with Gasteiger partial charge >= 0.3 is 0 Å². The molecule has 0 saturated carbocycles. The lowest BCUT2D eigenvalue weighted by Gasteiger charge is -2.29. The van der Waals surface area contributed by atoms with Crippen LogP contribution in [0, 0.1) is 6.92 Å². The molecule has 6 rings (SSSR count). The topological polar surface area (TPSA) is 142 Å². The van der Waals surface area contributed by atoms with Crippen molar-refractivity contribution in [3.05, 3.63) is 90.1 Å². The number of hydrogen-bond donors (Lipinski definition) is 2. The summed E-state index contributed by atoms with van der Waals surface area (Å²) in [5, 5.41) is 12.7. The molecule has 1 amide bonds. The highest BCUT2D eigenvalue weighted by Crippen LogP contribution is 2.31. The van der Waals surface area contributed by atoms with E-state index in [0.717, 1.165) is 16.8 Å². The molecule has 0 aliphatic rings. The van der Waals surface area contributed by atoms with Gasteiger partial charge in [0.25, 0.3) is 5.91 Å². The Bertz CT molecular complexity index is 1740. The van der Waals surface area contributed by atoms with E-state index in [1.165, 1.54) is 4.52 Å². The molecule has 0 radical (unpaired) electrons. The van der Waals surface area contributed by atoms with Gasteiger partial charge in [0.2, 0.25) is 11.8 Å². The van der Waals surface area contributed by atoms with E-state index in [0.29, 0.717) is 28.3 Å². The van der Waals surface area contributed by atoms with Crippen LogP contribution in [0.25, 0.3) is 28.3 Å². The molecule has 11 heteroatoms. The van der Waals surface area contributed by atoms with Gasteiger partial charge in [-0.25, -0.2) is 9.67 Å². The van der Waals surface area contributed by atoms with Gasteiger partial charge in [-0.2, -0.15) is 14.6 Å². The SMILES string of the molecule is Cc1ccnc(CNC(=O)[C@@](C)(c2ccccc2)n2ncc3c2nc(N)n2nc(-c4ccco4)nc32)c1. The van der Waals surface area contributed by atoms with Crippen LogP contribution in [0.4, 0.5) is 5.95 Å². The Kier molecular flexibility index (Phi) is 5.18. The summed E-state index contributed by atoms with van der Waals surface area (Å²) in [4.78, 5) is 27.4. The predicted octanol–water partition coefficient (Wildman–Crippen LogP) is 3.10. The van der Waals surface area contributed by atoms with Crippen molar-refractivity contribution in [1.82, 2.24) is 39.7 Å². The van der Waals surface area contributed by atoms with Crippen LogP contribution < -0.4 is 11.1 Å². The van der Waals surface area contributed by atoms with Crippen molar-refractivity contribution in [2.45, 2.75) is 25.9 Å². The van der Waals surface area contributed by atoms with Gasteiger partial charge in [0.15, 0.2) is 22.6 Å². The highest BCUT2D eigenvalue weighted by atomic mass is 16.3. The summed E-state index contributed by atoms with van der Waals surface area (Å²) in [5.41, 5.74) is 8.45. The van der Waals surface area contributed by atoms with Crippen LogP contribution >= 0.6 is 0 Å². The second-order valence-corrected chi connectivity index (χ2v) is 8.86. The molecular weight excluding hydrogens is 470 g/mol. The molecule has 0 aliphatic heterocycles. The van der Waals surface area contributed by atoms with E-state index >= 15 is 0 Å². The molecule has 11 nitrogen and oxygen atoms in total. The molecule has 1 atom stereocenters. The van der Waals surface area contributed by atoms with E-state index in [1.807, 2.05) is 49.4 Å². The molecule has 6 aromatic rings. The normalized spacial score (nSPS) is 13.1. The van der Waals surface area contributed by atoms with Crippen molar-refractivity contribution in [2.24, 2.45) is 0 Å². The Labute approximate surface area is 211 Å². The molecule has 3 N–H and O–H groups in total. The smallest absolute Gasteiger partial charge is 0.252 e. The number of benzene rings is 1. The summed E-state index contributed by atoms with van der Waals surface area (Å²) in [5.74, 6) is 0.703. The number of carbonyl (C=O) groups is 1. The first kappa shape index (κ1) is 22.4. The third kappa shape index (κ3) is 3.68. The highest BCUT2D eigenvalue weighted by molar-refractivity contribution is 5.94. The van der Waals surface area contributed by atoms with Gasteiger partial charge in [-0.15, -0.1) is 5.10 Å². The minimum Gasteiger partial charge on any atom is -0.461 e. The van der Waals surface area contributed by atoms with Crippen molar-refractivity contribution in [2.75, 3.05) is 5.73 Å². The van der Waals surface area contributed by atoms with Gasteiger partial charge in [-0.3, -0.25) is 9.78 Å². The van der Waals surface area contributed by atoms with Crippen LogP contribution in [0.15, 0.2) is 77.7 Å². The molecule has 0 bridgehead atoms. The average Bonchev–Trinajstić information content (AvgIpc) is 3.67. The number of nitrogens with one attached hydrogen (secondary N) is 1. The highest BCUT2D eigenvalue weighted by Gasteiger charge is 2.40. The summed E-state index contributed by atoms with van der Waals surface area (Å²) >= 11 is 0. The van der Waals surface area contributed by atoms with Crippen molar-refractivity contribution in [3.8, 4) is 11.6 Å². The number of hydrogen-bond acceptors (Lipinski definition) is 8. The second-order valence-electron chi connectivity index (χ2n) is 8.86. The van der Waals surface area contributed by atoms with E-state index in [2.05, 4.69) is 30.5 Å². The number of nitrogens with zero attached hydrogens (tertiary/aromatic N) is 7. The number of carbonyl (C=O) groups excluding carboxylic acids is 1. The van der Waals surface area contributed by atoms with E-state index in [4.69, 9.17) is 10.2 Å². The van der Waals surface area contributed by atoms with Crippen LogP contribution in [0.1, 0.15) is 23.7 Å². The minimum atomic E-state index is -1.26. The first-order chi connectivity index (χ1) is 17.9. The number of amides is 1. The van der Waals surface area contributed by atoms with Gasteiger partial charge in [0, 0.05) is 6.20 Å². The lowest BCUT2D eigenvalue weighted by Crippen LogP contribution is -2.48. The van der Waals surface area contributed by atoms with Gasteiger partial charge in [0.05, 0.1) is 30.1 Å². The number of fused-ring (bicyclic) bond motifs is 3. The Morgan fingerprint density at radius 3 is 2.70 bits per heavy atom. The summed E-state index contributed by atoms with van der Waals surface area (Å²) in [6.45, 7) is 4.04. The molecule has 37 heavy (non-hydrogen) atoms. The Morgan fingerprint density at radius 2 is 1.95 bits per heavy atom. The van der Waals surface area contributed by atoms with Crippen LogP contribution in [0.3, 0.4) is 0 Å². The van der Waals surface area contributed by atoms with Crippen molar-refractivity contribution < 1.29 is 9.21 Å². The standard InChI is InChI=1S/C26H23N9O2/c1-16-10-11-28-18(13-16)14-29-24(36)26(2,17-7-4-3-5-8-17)35-23-19(15-30-35)22-31-21(20-9-6-12-37-20)33-34(22)25(27)32-23/h3-13,15H,14H2,1-2H3,(H2,27,32)(H,29,36)/t26-/m1/s1. The largest absolute Gasteiger partial charge is 0.461 e. The van der Waals surface area contributed by atoms with Crippen LogP contribution in [0.2, 0.25) is 0 Å². The minimum absolute atomic E-state index is 0.106. The molecule has 1 aromatic carbocycles. The number of anilines is 1. The molecular formula is C26H23N9O2. The maximum atomic E-state index is 13.9.